The molecule has 0 radical (unpaired) electrons. The highest BCUT2D eigenvalue weighted by atomic mass is 19.4. The number of anilines is 1. The Morgan fingerprint density at radius 2 is 1.96 bits per heavy atom. The van der Waals surface area contributed by atoms with Crippen LogP contribution in [0.25, 0.3) is 5.76 Å². The van der Waals surface area contributed by atoms with Gasteiger partial charge in [-0.2, -0.15) is 18.4 Å². The van der Waals surface area contributed by atoms with Gasteiger partial charge in [-0.3, -0.25) is 10.1 Å². The highest BCUT2D eigenvalue weighted by Gasteiger charge is 2.31. The molecule has 1 amide bonds. The minimum absolute atomic E-state index is 0.0232. The van der Waals surface area contributed by atoms with E-state index in [1.807, 2.05) is 5.32 Å². The normalized spacial score (nSPS) is 12.3. The number of nitrogens with zero attached hydrogens (tertiary/aromatic N) is 4. The molecule has 124 valence electrons. The van der Waals surface area contributed by atoms with Gasteiger partial charge in [0.2, 0.25) is 5.95 Å². The van der Waals surface area contributed by atoms with Crippen molar-refractivity contribution < 1.29 is 27.6 Å². The molecule has 11 heteroatoms. The molecule has 0 aliphatic rings. The van der Waals surface area contributed by atoms with Crippen LogP contribution < -0.4 is 5.32 Å². The average molecular weight is 339 g/mol. The number of hydrogen-bond acceptors (Lipinski definition) is 7. The Morgan fingerprint density at radius 1 is 1.33 bits per heavy atom. The predicted molar refractivity (Wildman–Crippen MR) is 72.1 cm³/mol. The van der Waals surface area contributed by atoms with Crippen molar-refractivity contribution in [1.29, 1.82) is 5.26 Å². The molecule has 8 nitrogen and oxygen atoms in total. The molecule has 0 saturated heterocycles. The van der Waals surface area contributed by atoms with Crippen LogP contribution in [-0.4, -0.2) is 26.1 Å². The van der Waals surface area contributed by atoms with Gasteiger partial charge in [-0.25, -0.2) is 9.97 Å². The molecule has 2 aromatic heterocycles. The molecule has 0 spiro atoms. The van der Waals surface area contributed by atoms with Gasteiger partial charge in [0.1, 0.15) is 11.8 Å². The summed E-state index contributed by atoms with van der Waals surface area (Å²) in [6, 6.07) is 1.49. The zero-order chi connectivity index (χ0) is 17.9. The highest BCUT2D eigenvalue weighted by molar-refractivity contribution is 6.10. The average Bonchev–Trinajstić information content (AvgIpc) is 2.93. The van der Waals surface area contributed by atoms with Crippen molar-refractivity contribution in [2.75, 3.05) is 5.32 Å². The lowest BCUT2D eigenvalue weighted by molar-refractivity contribution is -0.138. The first kappa shape index (κ1) is 16.9. The number of alkyl halides is 3. The maximum Gasteiger partial charge on any atom is 0.419 e. The fourth-order valence-corrected chi connectivity index (χ4v) is 1.58. The van der Waals surface area contributed by atoms with E-state index in [1.54, 1.807) is 0 Å². The van der Waals surface area contributed by atoms with Gasteiger partial charge in [0, 0.05) is 12.4 Å². The molecule has 0 atom stereocenters. The molecule has 0 saturated carbocycles. The number of aryl methyl sites for hydroxylation is 1. The molecule has 24 heavy (non-hydrogen) atoms. The monoisotopic (exact) mass is 339 g/mol. The first-order valence-electron chi connectivity index (χ1n) is 6.19. The second-order valence-corrected chi connectivity index (χ2v) is 4.38. The summed E-state index contributed by atoms with van der Waals surface area (Å²) in [6.07, 6.45) is -2.57. The van der Waals surface area contributed by atoms with E-state index in [1.165, 1.54) is 13.0 Å². The van der Waals surface area contributed by atoms with Gasteiger partial charge in [0.25, 0.3) is 5.91 Å². The zero-order valence-electron chi connectivity index (χ0n) is 11.9. The van der Waals surface area contributed by atoms with Crippen LogP contribution in [0.1, 0.15) is 16.9 Å². The molecule has 2 heterocycles. The molecule has 0 unspecified atom stereocenters. The zero-order valence-corrected chi connectivity index (χ0v) is 11.9. The minimum atomic E-state index is -4.62. The van der Waals surface area contributed by atoms with E-state index in [9.17, 15) is 23.1 Å². The molecule has 2 rings (SSSR count). The smallest absolute Gasteiger partial charge is 0.419 e. The van der Waals surface area contributed by atoms with Gasteiger partial charge in [0.05, 0.1) is 17.3 Å². The van der Waals surface area contributed by atoms with Crippen LogP contribution >= 0.6 is 0 Å². The summed E-state index contributed by atoms with van der Waals surface area (Å²) in [7, 11) is 0. The molecule has 2 N–H and O–H groups in total. The second kappa shape index (κ2) is 6.37. The van der Waals surface area contributed by atoms with Crippen molar-refractivity contribution in [3.63, 3.8) is 0 Å². The number of hydrogen-bond donors (Lipinski definition) is 2. The third-order valence-corrected chi connectivity index (χ3v) is 2.79. The molecule has 0 aliphatic heterocycles. The fourth-order valence-electron chi connectivity index (χ4n) is 1.58. The lowest BCUT2D eigenvalue weighted by atomic mass is 10.1. The Hall–Kier alpha value is -3.42. The van der Waals surface area contributed by atoms with Crippen LogP contribution in [0.4, 0.5) is 19.1 Å². The molecule has 2 aromatic rings. The number of aliphatic hydroxyl groups is 1. The van der Waals surface area contributed by atoms with Crippen LogP contribution in [-0.2, 0) is 11.0 Å². The number of aliphatic hydroxyl groups excluding tert-OH is 1. The van der Waals surface area contributed by atoms with Crippen molar-refractivity contribution >= 4 is 17.6 Å². The predicted octanol–water partition coefficient (Wildman–Crippen LogP) is 2.22. The van der Waals surface area contributed by atoms with E-state index in [-0.39, 0.29) is 11.3 Å². The Balaban J connectivity index is 2.25. The summed E-state index contributed by atoms with van der Waals surface area (Å²) in [5, 5.41) is 24.4. The Kier molecular flexibility index (Phi) is 4.50. The SMILES string of the molecule is Cc1oncc1/C(O)=C(\C#N)C(=O)Nc1ncc(C(F)(F)F)cn1. The number of carbonyl (C=O) groups excluding carboxylic acids is 1. The minimum Gasteiger partial charge on any atom is -0.506 e. The molecule has 0 aromatic carbocycles. The van der Waals surface area contributed by atoms with Gasteiger partial charge in [0.15, 0.2) is 11.3 Å². The molecule has 0 aliphatic carbocycles. The van der Waals surface area contributed by atoms with Crippen LogP contribution in [0.5, 0.6) is 0 Å². The van der Waals surface area contributed by atoms with Crippen molar-refractivity contribution in [2.45, 2.75) is 13.1 Å². The van der Waals surface area contributed by atoms with Gasteiger partial charge in [-0.1, -0.05) is 5.16 Å². The van der Waals surface area contributed by atoms with E-state index >= 15 is 0 Å². The molecular formula is C13H8F3N5O3. The number of nitriles is 1. The molecule has 0 fully saturated rings. The molecule has 0 bridgehead atoms. The Labute approximate surface area is 132 Å². The van der Waals surface area contributed by atoms with Crippen LogP contribution in [0.3, 0.4) is 0 Å². The lowest BCUT2D eigenvalue weighted by Gasteiger charge is -2.07. The Bertz CT molecular complexity index is 834. The van der Waals surface area contributed by atoms with E-state index in [0.29, 0.717) is 12.4 Å². The lowest BCUT2D eigenvalue weighted by Crippen LogP contribution is -2.17. The fraction of sp³-hybridized carbons (Fsp3) is 0.154. The highest BCUT2D eigenvalue weighted by Crippen LogP contribution is 2.28. The Morgan fingerprint density at radius 3 is 2.42 bits per heavy atom. The van der Waals surface area contributed by atoms with E-state index in [2.05, 4.69) is 15.1 Å². The number of amides is 1. The number of aromatic nitrogens is 3. The topological polar surface area (TPSA) is 125 Å². The summed E-state index contributed by atoms with van der Waals surface area (Å²) < 4.78 is 41.9. The van der Waals surface area contributed by atoms with Crippen LogP contribution in [0, 0.1) is 18.3 Å². The van der Waals surface area contributed by atoms with Gasteiger partial charge >= 0.3 is 6.18 Å². The van der Waals surface area contributed by atoms with E-state index < -0.39 is 34.9 Å². The van der Waals surface area contributed by atoms with Crippen molar-refractivity contribution in [3.05, 3.63) is 41.1 Å². The maximum atomic E-state index is 12.4. The van der Waals surface area contributed by atoms with Crippen LogP contribution in [0.15, 0.2) is 28.7 Å². The summed E-state index contributed by atoms with van der Waals surface area (Å²) in [6.45, 7) is 1.45. The number of rotatable bonds is 3. The second-order valence-electron chi connectivity index (χ2n) is 4.38. The van der Waals surface area contributed by atoms with Crippen molar-refractivity contribution in [3.8, 4) is 6.07 Å². The largest absolute Gasteiger partial charge is 0.506 e. The first-order valence-corrected chi connectivity index (χ1v) is 6.19. The summed E-state index contributed by atoms with van der Waals surface area (Å²) in [5.74, 6) is -2.09. The standard InChI is InChI=1S/C13H8F3N5O3/c1-6-9(5-20-24-6)10(22)8(2-17)11(23)21-12-18-3-7(4-19-12)13(14,15)16/h3-5,22H,1H3,(H,18,19,21,23)/b10-8-. The van der Waals surface area contributed by atoms with Crippen LogP contribution in [0.2, 0.25) is 0 Å². The van der Waals surface area contributed by atoms with E-state index in [0.717, 1.165) is 6.20 Å². The van der Waals surface area contributed by atoms with Crippen molar-refractivity contribution in [2.24, 2.45) is 0 Å². The van der Waals surface area contributed by atoms with Crippen molar-refractivity contribution in [1.82, 2.24) is 15.1 Å². The molecular weight excluding hydrogens is 331 g/mol. The first-order chi connectivity index (χ1) is 11.2. The number of carbonyl (C=O) groups is 1. The quantitative estimate of drug-likeness (QED) is 0.499. The van der Waals surface area contributed by atoms with Gasteiger partial charge in [-0.05, 0) is 6.92 Å². The summed E-state index contributed by atoms with van der Waals surface area (Å²) >= 11 is 0. The van der Waals surface area contributed by atoms with Gasteiger partial charge < -0.3 is 9.63 Å². The van der Waals surface area contributed by atoms with E-state index in [4.69, 9.17) is 9.78 Å². The third kappa shape index (κ3) is 3.49. The van der Waals surface area contributed by atoms with Gasteiger partial charge in [-0.15, -0.1) is 0 Å². The summed E-state index contributed by atoms with van der Waals surface area (Å²) in [5.41, 5.74) is -1.78. The third-order valence-electron chi connectivity index (χ3n) is 2.79. The maximum absolute atomic E-state index is 12.4. The summed E-state index contributed by atoms with van der Waals surface area (Å²) in [4.78, 5) is 18.6. The number of nitrogens with one attached hydrogen (secondary N) is 1. The number of halogens is 3.